The predicted octanol–water partition coefficient (Wildman–Crippen LogP) is 8.84. The van der Waals surface area contributed by atoms with Crippen molar-refractivity contribution in [2.45, 2.75) is 103 Å². The molecule has 3 aliphatic carbocycles. The van der Waals surface area contributed by atoms with Crippen molar-refractivity contribution < 1.29 is 4.74 Å². The normalized spacial score (nSPS) is 23.0. The van der Waals surface area contributed by atoms with Gasteiger partial charge in [-0.25, -0.2) is 0 Å². The van der Waals surface area contributed by atoms with Gasteiger partial charge in [-0.2, -0.15) is 10.5 Å². The van der Waals surface area contributed by atoms with Crippen LogP contribution in [-0.2, 0) is 5.41 Å². The van der Waals surface area contributed by atoms with Gasteiger partial charge >= 0.3 is 0 Å². The maximum absolute atomic E-state index is 10.2. The van der Waals surface area contributed by atoms with Gasteiger partial charge in [-0.1, -0.05) is 70.2 Å². The molecule has 3 aliphatic rings. The number of hydrogen-bond donors (Lipinski definition) is 0. The highest BCUT2D eigenvalue weighted by molar-refractivity contribution is 5.75. The van der Waals surface area contributed by atoms with E-state index in [1.165, 1.54) is 57.8 Å². The van der Waals surface area contributed by atoms with E-state index in [2.05, 4.69) is 38.1 Å². The molecule has 0 heterocycles. The van der Waals surface area contributed by atoms with E-state index >= 15 is 0 Å². The Bertz CT molecular complexity index is 1060. The molecule has 0 amide bonds. The summed E-state index contributed by atoms with van der Waals surface area (Å²) in [6.07, 6.45) is 16.0. The van der Waals surface area contributed by atoms with Crippen LogP contribution in [0.25, 0.3) is 11.1 Å². The van der Waals surface area contributed by atoms with Crippen LogP contribution in [0, 0.1) is 28.1 Å². The zero-order valence-electron chi connectivity index (χ0n) is 21.7. The molecular weight excluding hydrogens is 428 g/mol. The molecule has 5 rings (SSSR count). The van der Waals surface area contributed by atoms with Crippen LogP contribution in [0.3, 0.4) is 0 Å². The molecule has 2 aromatic carbocycles. The Balaban J connectivity index is 1.56. The highest BCUT2D eigenvalue weighted by Gasteiger charge is 2.49. The molecule has 0 spiro atoms. The second-order valence-electron chi connectivity index (χ2n) is 11.0. The van der Waals surface area contributed by atoms with Crippen molar-refractivity contribution in [3.8, 4) is 29.0 Å². The Kier molecular flexibility index (Phi) is 8.18. The van der Waals surface area contributed by atoms with E-state index < -0.39 is 0 Å². The first-order valence-electron chi connectivity index (χ1n) is 13.8. The summed E-state index contributed by atoms with van der Waals surface area (Å²) >= 11 is 0. The lowest BCUT2D eigenvalue weighted by Crippen LogP contribution is -2.44. The Morgan fingerprint density at radius 2 is 1.37 bits per heavy atom. The molecule has 0 unspecified atom stereocenters. The second-order valence-corrected chi connectivity index (χ2v) is 11.0. The van der Waals surface area contributed by atoms with Gasteiger partial charge in [0, 0.05) is 5.56 Å². The molecule has 0 atom stereocenters. The van der Waals surface area contributed by atoms with Crippen molar-refractivity contribution in [1.29, 1.82) is 10.5 Å². The van der Waals surface area contributed by atoms with Crippen LogP contribution in [0.5, 0.6) is 5.75 Å². The smallest absolute Gasteiger partial charge is 0.119 e. The van der Waals surface area contributed by atoms with Gasteiger partial charge in [-0.05, 0) is 85.5 Å². The molecular formula is C32H40N2O. The first-order chi connectivity index (χ1) is 17.1. The Morgan fingerprint density at radius 1 is 0.743 bits per heavy atom. The van der Waals surface area contributed by atoms with Gasteiger partial charge in [0.05, 0.1) is 17.7 Å². The first-order valence-corrected chi connectivity index (χ1v) is 13.8. The van der Waals surface area contributed by atoms with Crippen LogP contribution in [0.2, 0.25) is 0 Å². The molecule has 2 bridgehead atoms. The maximum atomic E-state index is 10.2. The van der Waals surface area contributed by atoms with Crippen LogP contribution >= 0.6 is 0 Å². The van der Waals surface area contributed by atoms with E-state index in [4.69, 9.17) is 4.74 Å². The highest BCUT2D eigenvalue weighted by Crippen LogP contribution is 2.60. The summed E-state index contributed by atoms with van der Waals surface area (Å²) < 4.78 is 5.85. The van der Waals surface area contributed by atoms with E-state index in [1.807, 2.05) is 24.3 Å². The topological polar surface area (TPSA) is 56.8 Å². The van der Waals surface area contributed by atoms with Gasteiger partial charge in [0.2, 0.25) is 0 Å². The van der Waals surface area contributed by atoms with Crippen LogP contribution in [-0.4, -0.2) is 6.61 Å². The average molecular weight is 469 g/mol. The SMILES string of the molecule is CCCCCOc1ccc(-c2ccc(C34CCC(CCCCC)(CC3)CC4)c(C#N)c2C#N)cc1. The molecule has 35 heavy (non-hydrogen) atoms. The standard InChI is InChI=1S/C32H40N2O/c1-3-5-7-15-31-16-19-32(20-17-31,21-18-31)30-14-13-27(28(23-33)29(30)24-34)25-9-11-26(12-10-25)35-22-8-6-4-2/h9-14H,3-8,15-22H2,1-2H3. The first kappa shape index (κ1) is 25.3. The van der Waals surface area contributed by atoms with E-state index in [0.29, 0.717) is 16.5 Å². The average Bonchev–Trinajstić information content (AvgIpc) is 2.91. The van der Waals surface area contributed by atoms with Gasteiger partial charge in [0.25, 0.3) is 0 Å². The van der Waals surface area contributed by atoms with Crippen molar-refractivity contribution in [3.05, 3.63) is 53.1 Å². The van der Waals surface area contributed by atoms with Crippen LogP contribution in [0.4, 0.5) is 0 Å². The number of unbranched alkanes of at least 4 members (excludes halogenated alkanes) is 4. The number of nitrogens with zero attached hydrogens (tertiary/aromatic N) is 2. The summed E-state index contributed by atoms with van der Waals surface area (Å²) in [5.41, 5.74) is 4.66. The molecule has 0 N–H and O–H groups in total. The Labute approximate surface area is 212 Å². The van der Waals surface area contributed by atoms with Gasteiger partial charge in [-0.3, -0.25) is 0 Å². The highest BCUT2D eigenvalue weighted by atomic mass is 16.5. The fraction of sp³-hybridized carbons (Fsp3) is 0.562. The number of ether oxygens (including phenoxy) is 1. The quantitative estimate of drug-likeness (QED) is 0.309. The molecule has 0 radical (unpaired) electrons. The Morgan fingerprint density at radius 3 is 1.97 bits per heavy atom. The van der Waals surface area contributed by atoms with Crippen LogP contribution < -0.4 is 4.74 Å². The summed E-state index contributed by atoms with van der Waals surface area (Å²) in [7, 11) is 0. The van der Waals surface area contributed by atoms with Crippen LogP contribution in [0.15, 0.2) is 36.4 Å². The maximum Gasteiger partial charge on any atom is 0.119 e. The molecule has 0 aromatic heterocycles. The number of rotatable bonds is 11. The largest absolute Gasteiger partial charge is 0.494 e. The molecule has 3 heteroatoms. The van der Waals surface area contributed by atoms with E-state index in [-0.39, 0.29) is 5.41 Å². The number of hydrogen-bond acceptors (Lipinski definition) is 3. The fourth-order valence-electron chi connectivity index (χ4n) is 6.58. The Hall–Kier alpha value is -2.78. The lowest BCUT2D eigenvalue weighted by atomic mass is 9.50. The zero-order chi connectivity index (χ0) is 24.7. The van der Waals surface area contributed by atoms with E-state index in [0.717, 1.165) is 54.7 Å². The van der Waals surface area contributed by atoms with Crippen molar-refractivity contribution in [1.82, 2.24) is 0 Å². The van der Waals surface area contributed by atoms with Gasteiger partial charge in [-0.15, -0.1) is 0 Å². The minimum atomic E-state index is 0.0673. The predicted molar refractivity (Wildman–Crippen MR) is 142 cm³/mol. The second kappa shape index (κ2) is 11.3. The van der Waals surface area contributed by atoms with Gasteiger partial charge < -0.3 is 4.74 Å². The molecule has 3 fully saturated rings. The van der Waals surface area contributed by atoms with E-state index in [9.17, 15) is 10.5 Å². The summed E-state index contributed by atoms with van der Waals surface area (Å²) in [4.78, 5) is 0. The van der Waals surface area contributed by atoms with Crippen molar-refractivity contribution in [3.63, 3.8) is 0 Å². The van der Waals surface area contributed by atoms with Crippen LogP contribution in [0.1, 0.15) is 114 Å². The number of fused-ring (bicyclic) bond motifs is 3. The minimum absolute atomic E-state index is 0.0673. The van der Waals surface area contributed by atoms with Crippen molar-refractivity contribution in [2.75, 3.05) is 6.61 Å². The van der Waals surface area contributed by atoms with Gasteiger partial charge in [0.1, 0.15) is 17.9 Å². The third kappa shape index (κ3) is 5.26. The fourth-order valence-corrected chi connectivity index (χ4v) is 6.58. The zero-order valence-corrected chi connectivity index (χ0v) is 21.7. The summed E-state index contributed by atoms with van der Waals surface area (Å²) in [6.45, 7) is 5.19. The third-order valence-corrected chi connectivity index (χ3v) is 8.89. The van der Waals surface area contributed by atoms with Crippen molar-refractivity contribution >= 4 is 0 Å². The molecule has 0 aliphatic heterocycles. The summed E-state index contributed by atoms with van der Waals surface area (Å²) in [5, 5.41) is 20.4. The van der Waals surface area contributed by atoms with Crippen molar-refractivity contribution in [2.24, 2.45) is 5.41 Å². The lowest BCUT2D eigenvalue weighted by Gasteiger charge is -2.54. The molecule has 3 saturated carbocycles. The van der Waals surface area contributed by atoms with Gasteiger partial charge in [0.15, 0.2) is 0 Å². The summed E-state index contributed by atoms with van der Waals surface area (Å²) in [6, 6.07) is 17.1. The molecule has 0 saturated heterocycles. The monoisotopic (exact) mass is 468 g/mol. The minimum Gasteiger partial charge on any atom is -0.494 e. The molecule has 184 valence electrons. The van der Waals surface area contributed by atoms with E-state index in [1.54, 1.807) is 0 Å². The number of benzene rings is 2. The molecule has 3 nitrogen and oxygen atoms in total. The lowest BCUT2D eigenvalue weighted by molar-refractivity contribution is 0.0304. The number of nitriles is 2. The third-order valence-electron chi connectivity index (χ3n) is 8.89. The summed E-state index contributed by atoms with van der Waals surface area (Å²) in [5.74, 6) is 0.853. The molecule has 2 aromatic rings.